The van der Waals surface area contributed by atoms with Crippen LogP contribution in [-0.4, -0.2) is 0 Å². The average Bonchev–Trinajstić information content (AvgIpc) is 1.49. The van der Waals surface area contributed by atoms with E-state index in [9.17, 15) is 0 Å². The Morgan fingerprint density at radius 2 is 0.705 bits per heavy atom. The van der Waals surface area contributed by atoms with Crippen molar-refractivity contribution < 1.29 is 17.6 Å². The summed E-state index contributed by atoms with van der Waals surface area (Å²) in [6.07, 6.45) is 0. The Kier molecular flexibility index (Phi) is 12.4. The molecule has 16 aromatic rings. The summed E-state index contributed by atoms with van der Waals surface area (Å²) in [5.41, 5.74) is 19.8. The molecular formula is C89H64F2N2O2. The van der Waals surface area contributed by atoms with Crippen LogP contribution in [0.5, 0.6) is 0 Å². The van der Waals surface area contributed by atoms with E-state index in [1.54, 1.807) is 18.2 Å². The number of nitrogens with zero attached hydrogens (tertiary/aromatic N) is 2. The van der Waals surface area contributed by atoms with Crippen molar-refractivity contribution in [1.29, 1.82) is 0 Å². The third-order valence-corrected chi connectivity index (χ3v) is 20.3. The number of para-hydroxylation sites is 2. The Hall–Kier alpha value is -11.3. The van der Waals surface area contributed by atoms with E-state index in [0.29, 0.717) is 33.5 Å². The van der Waals surface area contributed by atoms with Crippen LogP contribution in [0.2, 0.25) is 0 Å². The minimum atomic E-state index is -1.29. The summed E-state index contributed by atoms with van der Waals surface area (Å²) in [6.45, 7) is 13.4. The molecule has 2 aromatic heterocycles. The molecule has 456 valence electrons. The fourth-order valence-corrected chi connectivity index (χ4v) is 15.6. The molecule has 18 rings (SSSR count). The summed E-state index contributed by atoms with van der Waals surface area (Å²) >= 11 is 0. The van der Waals surface area contributed by atoms with Crippen LogP contribution in [0.25, 0.3) is 110 Å². The van der Waals surface area contributed by atoms with Crippen LogP contribution in [0.4, 0.5) is 42.9 Å². The Labute approximate surface area is 550 Å². The molecule has 0 saturated carbocycles. The van der Waals surface area contributed by atoms with Crippen molar-refractivity contribution in [2.75, 3.05) is 9.80 Å². The number of furan rings is 2. The maximum Gasteiger partial charge on any atom is 0.145 e. The van der Waals surface area contributed by atoms with E-state index >= 15 is 8.78 Å². The van der Waals surface area contributed by atoms with Gasteiger partial charge < -0.3 is 18.6 Å². The lowest BCUT2D eigenvalue weighted by molar-refractivity contribution is 0.590. The van der Waals surface area contributed by atoms with Crippen LogP contribution in [0.15, 0.2) is 288 Å². The van der Waals surface area contributed by atoms with Gasteiger partial charge in [-0.25, -0.2) is 8.78 Å². The van der Waals surface area contributed by atoms with Gasteiger partial charge >= 0.3 is 0 Å². The fourth-order valence-electron chi connectivity index (χ4n) is 15.6. The molecule has 0 bridgehead atoms. The lowest BCUT2D eigenvalue weighted by Gasteiger charge is -2.34. The van der Waals surface area contributed by atoms with Crippen molar-refractivity contribution in [1.82, 2.24) is 0 Å². The van der Waals surface area contributed by atoms with Gasteiger partial charge in [0.15, 0.2) is 0 Å². The van der Waals surface area contributed by atoms with E-state index in [4.69, 9.17) is 8.83 Å². The van der Waals surface area contributed by atoms with Gasteiger partial charge in [-0.3, -0.25) is 0 Å². The lowest BCUT2D eigenvalue weighted by atomic mass is 9.70. The van der Waals surface area contributed by atoms with E-state index in [0.717, 1.165) is 111 Å². The van der Waals surface area contributed by atoms with Crippen LogP contribution >= 0.6 is 0 Å². The Bertz CT molecular complexity index is 5520. The molecule has 0 atom stereocenters. The first-order valence-electron chi connectivity index (χ1n) is 32.7. The highest BCUT2D eigenvalue weighted by atomic mass is 19.1. The molecule has 0 unspecified atom stereocenters. The number of benzene rings is 14. The van der Waals surface area contributed by atoms with Crippen molar-refractivity contribution in [3.63, 3.8) is 0 Å². The van der Waals surface area contributed by atoms with E-state index in [2.05, 4.69) is 270 Å². The van der Waals surface area contributed by atoms with E-state index in [-0.39, 0.29) is 16.6 Å². The van der Waals surface area contributed by atoms with Gasteiger partial charge in [-0.2, -0.15) is 0 Å². The van der Waals surface area contributed by atoms with E-state index in [1.165, 1.54) is 38.7 Å². The molecule has 2 aliphatic rings. The van der Waals surface area contributed by atoms with Gasteiger partial charge in [0.2, 0.25) is 0 Å². The number of fused-ring (bicyclic) bond motifs is 20. The van der Waals surface area contributed by atoms with Crippen LogP contribution in [0.3, 0.4) is 0 Å². The number of hydrogen-bond donors (Lipinski definition) is 0. The zero-order valence-corrected chi connectivity index (χ0v) is 53.5. The molecule has 95 heavy (non-hydrogen) atoms. The van der Waals surface area contributed by atoms with Crippen LogP contribution < -0.4 is 9.80 Å². The third-order valence-electron chi connectivity index (χ3n) is 20.3. The average molecular weight is 1230 g/mol. The van der Waals surface area contributed by atoms with Gasteiger partial charge in [-0.05, 0) is 208 Å². The molecular weight excluding hydrogens is 1170 g/mol. The highest BCUT2D eigenvalue weighted by Crippen LogP contribution is 2.68. The second-order valence-corrected chi connectivity index (χ2v) is 27.9. The topological polar surface area (TPSA) is 32.8 Å². The van der Waals surface area contributed by atoms with Crippen molar-refractivity contribution in [2.45, 2.75) is 57.8 Å². The molecule has 2 aliphatic carbocycles. The number of rotatable bonds is 8. The molecule has 6 heteroatoms. The largest absolute Gasteiger partial charge is 0.455 e. The molecule has 14 aromatic carbocycles. The first-order valence-corrected chi connectivity index (χ1v) is 32.7. The zero-order valence-electron chi connectivity index (χ0n) is 53.5. The molecule has 0 N–H and O–H groups in total. The molecule has 0 amide bonds. The van der Waals surface area contributed by atoms with E-state index < -0.39 is 11.2 Å². The molecule has 0 saturated heterocycles. The first kappa shape index (κ1) is 56.4. The summed E-state index contributed by atoms with van der Waals surface area (Å²) in [5, 5.41) is 8.40. The van der Waals surface area contributed by atoms with Crippen molar-refractivity contribution in [3.05, 3.63) is 324 Å². The zero-order chi connectivity index (χ0) is 64.2. The molecule has 0 fully saturated rings. The van der Waals surface area contributed by atoms with Crippen LogP contribution in [-0.2, 0) is 16.2 Å². The Morgan fingerprint density at radius 3 is 1.16 bits per heavy atom. The third kappa shape index (κ3) is 8.70. The maximum absolute atomic E-state index is 17.1. The Balaban J connectivity index is 0.957. The van der Waals surface area contributed by atoms with Crippen molar-refractivity contribution in [3.8, 4) is 44.5 Å². The first-order chi connectivity index (χ1) is 46.1. The summed E-state index contributed by atoms with van der Waals surface area (Å²) in [7, 11) is 0. The lowest BCUT2D eigenvalue weighted by Crippen LogP contribution is -2.27. The Morgan fingerprint density at radius 1 is 0.316 bits per heavy atom. The molecule has 1 spiro atoms. The van der Waals surface area contributed by atoms with Gasteiger partial charge in [-0.15, -0.1) is 0 Å². The highest BCUT2D eigenvalue weighted by molar-refractivity contribution is 6.25. The van der Waals surface area contributed by atoms with Gasteiger partial charge in [-0.1, -0.05) is 211 Å². The standard InChI is InChI=1S/C89H64F2N2O2/c1-87(2,3)61-31-41-67(42-32-61)92(65-37-27-55(28-38-65)59-25-23-53-15-7-9-17-57(53)47-59)77-51-75-83(85-81(77)70-19-11-13-21-79(70)94-85)84-76(89(75)73-46-36-63(90)49-72(73)69-45-35-64(91)50-74(69)89)52-78(82-71-20-12-14-22-80(71)95-86(82)84)93(68-43-33-62(34-44-68)88(4,5)6)66-39-29-56(30-40-66)60-26-24-54-16-8-10-18-58(54)48-60/h7-52H,1-6H3. The molecule has 2 heterocycles. The van der Waals surface area contributed by atoms with Gasteiger partial charge in [0.05, 0.1) is 27.6 Å². The molecule has 4 nitrogen and oxygen atoms in total. The van der Waals surface area contributed by atoms with Crippen LogP contribution in [0.1, 0.15) is 74.9 Å². The van der Waals surface area contributed by atoms with Crippen molar-refractivity contribution >= 4 is 99.5 Å². The monoisotopic (exact) mass is 1230 g/mol. The summed E-state index contributed by atoms with van der Waals surface area (Å²) < 4.78 is 48.6. The summed E-state index contributed by atoms with van der Waals surface area (Å²) in [6, 6.07) is 97.2. The quantitative estimate of drug-likeness (QED) is 0.152. The minimum absolute atomic E-state index is 0.115. The van der Waals surface area contributed by atoms with Gasteiger partial charge in [0.1, 0.15) is 34.0 Å². The number of halogens is 2. The van der Waals surface area contributed by atoms with Gasteiger partial charge in [0.25, 0.3) is 0 Å². The number of anilines is 6. The van der Waals surface area contributed by atoms with E-state index in [1.807, 2.05) is 36.4 Å². The van der Waals surface area contributed by atoms with Gasteiger partial charge in [0, 0.05) is 44.6 Å². The normalized spacial score (nSPS) is 13.1. The number of hydrogen-bond acceptors (Lipinski definition) is 4. The highest BCUT2D eigenvalue weighted by Gasteiger charge is 2.55. The summed E-state index contributed by atoms with van der Waals surface area (Å²) in [5.74, 6) is -0.786. The van der Waals surface area contributed by atoms with Crippen molar-refractivity contribution in [2.24, 2.45) is 0 Å². The molecule has 0 aliphatic heterocycles. The predicted octanol–water partition coefficient (Wildman–Crippen LogP) is 25.3. The second-order valence-electron chi connectivity index (χ2n) is 27.9. The predicted molar refractivity (Wildman–Crippen MR) is 390 cm³/mol. The second kappa shape index (κ2) is 20.8. The SMILES string of the molecule is CC(C)(C)c1ccc(N(c2ccc(-c3ccc4ccccc4c3)cc2)c2cc3c(c4oc5ccccc5c24)-c2c(cc(N(c4ccc(-c5ccc6ccccc6c5)cc4)c4ccc(C(C)(C)C)cc4)c4c2oc2ccccc24)C32c3ccc(F)cc3-c3ccc(F)cc32)cc1. The molecule has 0 radical (unpaired) electrons. The minimum Gasteiger partial charge on any atom is -0.455 e. The maximum atomic E-state index is 17.1. The smallest absolute Gasteiger partial charge is 0.145 e. The van der Waals surface area contributed by atoms with Crippen LogP contribution in [0, 0.1) is 11.6 Å². The summed E-state index contributed by atoms with van der Waals surface area (Å²) in [4.78, 5) is 4.72. The fraction of sp³-hybridized carbons (Fsp3) is 0.101.